The van der Waals surface area contributed by atoms with E-state index in [9.17, 15) is 4.79 Å². The summed E-state index contributed by atoms with van der Waals surface area (Å²) in [4.78, 5) is 19.6. The van der Waals surface area contributed by atoms with E-state index < -0.39 is 0 Å². The van der Waals surface area contributed by atoms with Crippen LogP contribution in [0.3, 0.4) is 0 Å². The van der Waals surface area contributed by atoms with Crippen molar-refractivity contribution in [2.45, 2.75) is 45.7 Å². The zero-order valence-electron chi connectivity index (χ0n) is 17.0. The highest BCUT2D eigenvalue weighted by Gasteiger charge is 2.32. The molecule has 0 radical (unpaired) electrons. The van der Waals surface area contributed by atoms with Crippen LogP contribution in [0.1, 0.15) is 49.0 Å². The highest BCUT2D eigenvalue weighted by Crippen LogP contribution is 2.27. The SMILES string of the molecule is CCC.O=C(c1ccc(CN2CCOCC2)cc1)N1CCN(C2CC2)CC1. The largest absolute Gasteiger partial charge is 0.379 e. The van der Waals surface area contributed by atoms with E-state index >= 15 is 0 Å². The molecule has 2 saturated heterocycles. The van der Waals surface area contributed by atoms with Gasteiger partial charge in [-0.05, 0) is 30.5 Å². The summed E-state index contributed by atoms with van der Waals surface area (Å²) in [5, 5.41) is 0. The molecule has 3 fully saturated rings. The Morgan fingerprint density at radius 3 is 2.11 bits per heavy atom. The predicted molar refractivity (Wildman–Crippen MR) is 109 cm³/mol. The number of nitrogens with zero attached hydrogens (tertiary/aromatic N) is 3. The Hall–Kier alpha value is -1.43. The van der Waals surface area contributed by atoms with Crippen molar-refractivity contribution in [3.63, 3.8) is 0 Å². The van der Waals surface area contributed by atoms with Gasteiger partial charge < -0.3 is 9.64 Å². The van der Waals surface area contributed by atoms with Crippen LogP contribution in [-0.4, -0.2) is 79.1 Å². The normalized spacial score (nSPS) is 21.5. The van der Waals surface area contributed by atoms with Crippen molar-refractivity contribution in [1.82, 2.24) is 14.7 Å². The zero-order chi connectivity index (χ0) is 19.1. The number of benzene rings is 1. The molecule has 0 N–H and O–H groups in total. The number of amides is 1. The quantitative estimate of drug-likeness (QED) is 0.813. The van der Waals surface area contributed by atoms with E-state index in [4.69, 9.17) is 4.74 Å². The summed E-state index contributed by atoms with van der Waals surface area (Å²) < 4.78 is 5.39. The van der Waals surface area contributed by atoms with Crippen molar-refractivity contribution < 1.29 is 9.53 Å². The van der Waals surface area contributed by atoms with Crippen LogP contribution in [0.2, 0.25) is 0 Å². The molecule has 27 heavy (non-hydrogen) atoms. The molecule has 0 aromatic heterocycles. The highest BCUT2D eigenvalue weighted by molar-refractivity contribution is 5.94. The Balaban J connectivity index is 0.000000659. The first-order valence-corrected chi connectivity index (χ1v) is 10.6. The third-order valence-electron chi connectivity index (χ3n) is 5.38. The van der Waals surface area contributed by atoms with Gasteiger partial charge in [-0.2, -0.15) is 0 Å². The van der Waals surface area contributed by atoms with Crippen LogP contribution >= 0.6 is 0 Å². The maximum atomic E-state index is 12.7. The Bertz CT molecular complexity index is 572. The Morgan fingerprint density at radius 1 is 0.963 bits per heavy atom. The van der Waals surface area contributed by atoms with Crippen LogP contribution in [0.25, 0.3) is 0 Å². The van der Waals surface area contributed by atoms with Crippen LogP contribution < -0.4 is 0 Å². The second-order valence-electron chi connectivity index (χ2n) is 7.85. The fourth-order valence-electron chi connectivity index (χ4n) is 3.68. The zero-order valence-corrected chi connectivity index (χ0v) is 17.0. The van der Waals surface area contributed by atoms with Crippen molar-refractivity contribution in [3.8, 4) is 0 Å². The first-order chi connectivity index (χ1) is 13.2. The van der Waals surface area contributed by atoms with Gasteiger partial charge in [0.2, 0.25) is 0 Å². The van der Waals surface area contributed by atoms with Crippen molar-refractivity contribution in [2.24, 2.45) is 0 Å². The highest BCUT2D eigenvalue weighted by atomic mass is 16.5. The fraction of sp³-hybridized carbons (Fsp3) is 0.682. The first-order valence-electron chi connectivity index (χ1n) is 10.6. The lowest BCUT2D eigenvalue weighted by atomic mass is 10.1. The van der Waals surface area contributed by atoms with Gasteiger partial charge >= 0.3 is 0 Å². The van der Waals surface area contributed by atoms with Gasteiger partial charge in [0.25, 0.3) is 5.91 Å². The van der Waals surface area contributed by atoms with Crippen molar-refractivity contribution in [3.05, 3.63) is 35.4 Å². The monoisotopic (exact) mass is 373 g/mol. The molecule has 0 atom stereocenters. The molecule has 2 heterocycles. The Morgan fingerprint density at radius 2 is 1.56 bits per heavy atom. The van der Waals surface area contributed by atoms with Crippen molar-refractivity contribution in [2.75, 3.05) is 52.5 Å². The summed E-state index contributed by atoms with van der Waals surface area (Å²) in [5.41, 5.74) is 2.09. The first kappa shape index (κ1) is 20.3. The van der Waals surface area contributed by atoms with E-state index in [0.717, 1.165) is 70.6 Å². The van der Waals surface area contributed by atoms with Crippen molar-refractivity contribution in [1.29, 1.82) is 0 Å². The number of carbonyl (C=O) groups is 1. The number of hydrogen-bond acceptors (Lipinski definition) is 4. The summed E-state index contributed by atoms with van der Waals surface area (Å²) >= 11 is 0. The van der Waals surface area contributed by atoms with E-state index in [1.807, 2.05) is 17.0 Å². The minimum atomic E-state index is 0.184. The van der Waals surface area contributed by atoms with Gasteiger partial charge in [0.1, 0.15) is 0 Å². The van der Waals surface area contributed by atoms with Crippen LogP contribution in [0, 0.1) is 0 Å². The van der Waals surface area contributed by atoms with Crippen LogP contribution in [0.5, 0.6) is 0 Å². The lowest BCUT2D eigenvalue weighted by molar-refractivity contribution is 0.0342. The van der Waals surface area contributed by atoms with E-state index in [2.05, 4.69) is 35.8 Å². The maximum Gasteiger partial charge on any atom is 0.253 e. The maximum absolute atomic E-state index is 12.7. The molecule has 0 unspecified atom stereocenters. The summed E-state index contributed by atoms with van der Waals surface area (Å²) in [6, 6.07) is 8.99. The molecule has 1 aromatic rings. The lowest BCUT2D eigenvalue weighted by Gasteiger charge is -2.34. The van der Waals surface area contributed by atoms with E-state index in [0.29, 0.717) is 0 Å². The van der Waals surface area contributed by atoms with Gasteiger partial charge in [0.05, 0.1) is 13.2 Å². The molecule has 1 aromatic carbocycles. The molecule has 4 rings (SSSR count). The van der Waals surface area contributed by atoms with Crippen LogP contribution in [-0.2, 0) is 11.3 Å². The van der Waals surface area contributed by atoms with Crippen molar-refractivity contribution >= 4 is 5.91 Å². The molecule has 1 amide bonds. The summed E-state index contributed by atoms with van der Waals surface area (Å²) in [5.74, 6) is 0.184. The second-order valence-corrected chi connectivity index (χ2v) is 7.85. The van der Waals surface area contributed by atoms with E-state index in [1.54, 1.807) is 0 Å². The third kappa shape index (κ3) is 6.03. The molecular formula is C22H35N3O2. The van der Waals surface area contributed by atoms with Gasteiger partial charge in [0.15, 0.2) is 0 Å². The number of hydrogen-bond donors (Lipinski definition) is 0. The summed E-state index contributed by atoms with van der Waals surface area (Å²) in [6.07, 6.45) is 3.94. The molecule has 0 spiro atoms. The molecule has 1 aliphatic carbocycles. The summed E-state index contributed by atoms with van der Waals surface area (Å²) in [6.45, 7) is 12.6. The second kappa shape index (κ2) is 10.2. The number of carbonyl (C=O) groups excluding carboxylic acids is 1. The average Bonchev–Trinajstić information content (AvgIpc) is 3.55. The average molecular weight is 374 g/mol. The van der Waals surface area contributed by atoms with Gasteiger partial charge in [-0.1, -0.05) is 32.4 Å². The van der Waals surface area contributed by atoms with Gasteiger partial charge in [-0.25, -0.2) is 0 Å². The number of morpholine rings is 1. The minimum absolute atomic E-state index is 0.184. The van der Waals surface area contributed by atoms with Gasteiger partial charge in [0, 0.05) is 57.4 Å². The predicted octanol–water partition coefficient (Wildman–Crippen LogP) is 2.86. The molecule has 0 bridgehead atoms. The van der Waals surface area contributed by atoms with E-state index in [-0.39, 0.29) is 5.91 Å². The van der Waals surface area contributed by atoms with Gasteiger partial charge in [-0.3, -0.25) is 14.6 Å². The number of rotatable bonds is 4. The summed E-state index contributed by atoms with van der Waals surface area (Å²) in [7, 11) is 0. The third-order valence-corrected chi connectivity index (χ3v) is 5.38. The van der Waals surface area contributed by atoms with Crippen LogP contribution in [0.15, 0.2) is 24.3 Å². The molecule has 150 valence electrons. The molecule has 2 aliphatic heterocycles. The Kier molecular flexibility index (Phi) is 7.68. The smallest absolute Gasteiger partial charge is 0.253 e. The number of piperazine rings is 1. The molecule has 5 nitrogen and oxygen atoms in total. The molecule has 1 saturated carbocycles. The fourth-order valence-corrected chi connectivity index (χ4v) is 3.68. The van der Waals surface area contributed by atoms with Gasteiger partial charge in [-0.15, -0.1) is 0 Å². The number of ether oxygens (including phenoxy) is 1. The topological polar surface area (TPSA) is 36.0 Å². The standard InChI is InChI=1S/C19H27N3O2.C3H8/c23-19(22-9-7-21(8-10-22)18-5-6-18)17-3-1-16(2-4-17)15-20-11-13-24-14-12-20;1-3-2/h1-4,18H,5-15H2;3H2,1-2H3. The molecular weight excluding hydrogens is 338 g/mol. The molecule has 3 aliphatic rings. The molecule has 5 heteroatoms. The Labute approximate surface area is 164 Å². The van der Waals surface area contributed by atoms with E-state index in [1.165, 1.54) is 24.8 Å². The minimum Gasteiger partial charge on any atom is -0.379 e. The van der Waals surface area contributed by atoms with Crippen LogP contribution in [0.4, 0.5) is 0 Å². The lowest BCUT2D eigenvalue weighted by Crippen LogP contribution is -2.49.